The van der Waals surface area contributed by atoms with Crippen molar-refractivity contribution < 1.29 is 27.1 Å². The number of imidazole rings is 1. The van der Waals surface area contributed by atoms with Crippen molar-refractivity contribution in [3.8, 4) is 11.5 Å². The molecule has 222 valence electrons. The third kappa shape index (κ3) is 6.63. The van der Waals surface area contributed by atoms with E-state index in [9.17, 15) is 22.4 Å². The van der Waals surface area contributed by atoms with E-state index in [2.05, 4.69) is 44.2 Å². The number of ether oxygens (including phenoxy) is 1. The smallest absolute Gasteiger partial charge is 0.419 e. The summed E-state index contributed by atoms with van der Waals surface area (Å²) < 4.78 is 61.5. The van der Waals surface area contributed by atoms with Gasteiger partial charge in [-0.2, -0.15) is 13.2 Å². The number of carbonyl (C=O) groups is 1. The molecule has 4 aromatic rings. The van der Waals surface area contributed by atoms with E-state index in [-0.39, 0.29) is 24.1 Å². The lowest BCUT2D eigenvalue weighted by molar-refractivity contribution is -0.139. The minimum Gasteiger partial charge on any atom is -0.457 e. The molecule has 3 heterocycles. The standard InChI is InChI=1S/C29H31F4N7O2/c1-18(2)40-13-11-39(12-14-40)17-26(41)37-25-16-20(9-10-34-25)42-19-7-8-24-23(15-19)36-28(38(24)3)35-22-6-4-5-21(27(22)30)29(31,32)33/h4-10,15-16,18H,11-14,17H2,1-3H3,(H,35,36)(H,34,37,41). The van der Waals surface area contributed by atoms with Crippen molar-refractivity contribution >= 4 is 34.4 Å². The normalized spacial score (nSPS) is 14.9. The lowest BCUT2D eigenvalue weighted by atomic mass is 10.2. The minimum absolute atomic E-state index is 0.153. The Balaban J connectivity index is 1.25. The van der Waals surface area contributed by atoms with E-state index in [0.717, 1.165) is 32.2 Å². The Morgan fingerprint density at radius 1 is 1.05 bits per heavy atom. The average Bonchev–Trinajstić information content (AvgIpc) is 3.23. The number of carbonyl (C=O) groups excluding carboxylic acids is 1. The van der Waals surface area contributed by atoms with Gasteiger partial charge in [0.25, 0.3) is 0 Å². The van der Waals surface area contributed by atoms with E-state index in [1.807, 2.05) is 0 Å². The van der Waals surface area contributed by atoms with Gasteiger partial charge in [0, 0.05) is 57.6 Å². The molecule has 0 unspecified atom stereocenters. The molecule has 2 aromatic heterocycles. The van der Waals surface area contributed by atoms with Gasteiger partial charge in [0.1, 0.15) is 17.3 Å². The Labute approximate surface area is 240 Å². The fourth-order valence-electron chi connectivity index (χ4n) is 4.83. The number of alkyl halides is 3. The monoisotopic (exact) mass is 585 g/mol. The van der Waals surface area contributed by atoms with Crippen molar-refractivity contribution in [2.24, 2.45) is 7.05 Å². The van der Waals surface area contributed by atoms with E-state index in [1.54, 1.807) is 41.9 Å². The molecule has 42 heavy (non-hydrogen) atoms. The highest BCUT2D eigenvalue weighted by Crippen LogP contribution is 2.35. The van der Waals surface area contributed by atoms with Crippen LogP contribution in [0.4, 0.5) is 35.0 Å². The van der Waals surface area contributed by atoms with Gasteiger partial charge in [-0.1, -0.05) is 6.07 Å². The van der Waals surface area contributed by atoms with Crippen LogP contribution < -0.4 is 15.4 Å². The molecule has 5 rings (SSSR count). The molecule has 0 saturated carbocycles. The van der Waals surface area contributed by atoms with E-state index in [0.29, 0.717) is 40.5 Å². The Morgan fingerprint density at radius 3 is 2.50 bits per heavy atom. The van der Waals surface area contributed by atoms with Crippen molar-refractivity contribution in [3.05, 3.63) is 66.1 Å². The number of hydrogen-bond donors (Lipinski definition) is 2. The maximum absolute atomic E-state index is 14.5. The first-order chi connectivity index (χ1) is 20.0. The maximum Gasteiger partial charge on any atom is 0.419 e. The Morgan fingerprint density at radius 2 is 1.79 bits per heavy atom. The molecule has 2 aromatic carbocycles. The van der Waals surface area contributed by atoms with E-state index >= 15 is 0 Å². The largest absolute Gasteiger partial charge is 0.457 e. The lowest BCUT2D eigenvalue weighted by Gasteiger charge is -2.36. The molecule has 13 heteroatoms. The third-order valence-corrected chi connectivity index (χ3v) is 7.14. The number of hydrogen-bond acceptors (Lipinski definition) is 7. The minimum atomic E-state index is -4.82. The van der Waals surface area contributed by atoms with Gasteiger partial charge < -0.3 is 19.9 Å². The number of benzene rings is 2. The first-order valence-electron chi connectivity index (χ1n) is 13.5. The van der Waals surface area contributed by atoms with Crippen LogP contribution in [0.15, 0.2) is 54.7 Å². The molecule has 0 bridgehead atoms. The van der Waals surface area contributed by atoms with Crippen LogP contribution in [0.3, 0.4) is 0 Å². The number of piperazine rings is 1. The van der Waals surface area contributed by atoms with Crippen molar-refractivity contribution in [2.45, 2.75) is 26.1 Å². The average molecular weight is 586 g/mol. The molecular formula is C29H31F4N7O2. The molecular weight excluding hydrogens is 554 g/mol. The maximum atomic E-state index is 14.5. The number of nitrogens with one attached hydrogen (secondary N) is 2. The van der Waals surface area contributed by atoms with Gasteiger partial charge in [-0.05, 0) is 44.2 Å². The van der Waals surface area contributed by atoms with Gasteiger partial charge in [-0.3, -0.25) is 14.6 Å². The van der Waals surface area contributed by atoms with Crippen LogP contribution in [-0.4, -0.2) is 69.0 Å². The molecule has 1 fully saturated rings. The number of pyridine rings is 1. The van der Waals surface area contributed by atoms with Gasteiger partial charge in [-0.15, -0.1) is 0 Å². The van der Waals surface area contributed by atoms with Crippen LogP contribution in [0.2, 0.25) is 0 Å². The molecule has 0 spiro atoms. The van der Waals surface area contributed by atoms with Crippen molar-refractivity contribution in [2.75, 3.05) is 43.4 Å². The zero-order chi connectivity index (χ0) is 30.0. The number of anilines is 3. The summed E-state index contributed by atoms with van der Waals surface area (Å²) in [6.07, 6.45) is -3.30. The van der Waals surface area contributed by atoms with E-state index in [4.69, 9.17) is 4.74 Å². The molecule has 2 N–H and O–H groups in total. The number of amides is 1. The second-order valence-corrected chi connectivity index (χ2v) is 10.4. The topological polar surface area (TPSA) is 87.5 Å². The molecule has 1 amide bonds. The predicted octanol–water partition coefficient (Wildman–Crippen LogP) is 5.63. The second-order valence-electron chi connectivity index (χ2n) is 10.4. The first-order valence-corrected chi connectivity index (χ1v) is 13.5. The summed E-state index contributed by atoms with van der Waals surface area (Å²) in [6.45, 7) is 8.10. The molecule has 1 aliphatic rings. The fraction of sp³-hybridized carbons (Fsp3) is 0.345. The van der Waals surface area contributed by atoms with Crippen LogP contribution in [0, 0.1) is 5.82 Å². The summed E-state index contributed by atoms with van der Waals surface area (Å²) in [5.74, 6) is -0.193. The fourth-order valence-corrected chi connectivity index (χ4v) is 4.83. The van der Waals surface area contributed by atoms with Crippen molar-refractivity contribution in [1.82, 2.24) is 24.3 Å². The van der Waals surface area contributed by atoms with Crippen LogP contribution in [0.1, 0.15) is 19.4 Å². The van der Waals surface area contributed by atoms with E-state index in [1.165, 1.54) is 12.3 Å². The Hall–Kier alpha value is -4.23. The number of halogens is 4. The lowest BCUT2D eigenvalue weighted by Crippen LogP contribution is -2.50. The molecule has 0 atom stereocenters. The van der Waals surface area contributed by atoms with Crippen LogP contribution in [-0.2, 0) is 18.0 Å². The van der Waals surface area contributed by atoms with Crippen molar-refractivity contribution in [1.29, 1.82) is 0 Å². The number of aromatic nitrogens is 3. The second kappa shape index (κ2) is 11.9. The van der Waals surface area contributed by atoms with Crippen LogP contribution >= 0.6 is 0 Å². The molecule has 0 aliphatic carbocycles. The highest BCUT2D eigenvalue weighted by atomic mass is 19.4. The van der Waals surface area contributed by atoms with Gasteiger partial charge in [0.05, 0.1) is 28.8 Å². The zero-order valence-corrected chi connectivity index (χ0v) is 23.4. The Bertz CT molecular complexity index is 1580. The summed E-state index contributed by atoms with van der Waals surface area (Å²) in [7, 11) is 1.66. The molecule has 1 aliphatic heterocycles. The summed E-state index contributed by atoms with van der Waals surface area (Å²) in [6, 6.07) is 11.9. The molecule has 0 radical (unpaired) electrons. The highest BCUT2D eigenvalue weighted by Gasteiger charge is 2.35. The van der Waals surface area contributed by atoms with Gasteiger partial charge >= 0.3 is 6.18 Å². The zero-order valence-electron chi connectivity index (χ0n) is 23.4. The number of rotatable bonds is 8. The van der Waals surface area contributed by atoms with Crippen molar-refractivity contribution in [3.63, 3.8) is 0 Å². The Kier molecular flexibility index (Phi) is 8.32. The van der Waals surface area contributed by atoms with Crippen LogP contribution in [0.25, 0.3) is 11.0 Å². The van der Waals surface area contributed by atoms with E-state index < -0.39 is 17.6 Å². The number of fused-ring (bicyclic) bond motifs is 1. The number of nitrogens with zero attached hydrogens (tertiary/aromatic N) is 5. The summed E-state index contributed by atoms with van der Waals surface area (Å²) in [5.41, 5.74) is -0.581. The van der Waals surface area contributed by atoms with Crippen LogP contribution in [0.5, 0.6) is 11.5 Å². The number of aryl methyl sites for hydroxylation is 1. The van der Waals surface area contributed by atoms with Gasteiger partial charge in [-0.25, -0.2) is 14.4 Å². The predicted molar refractivity (Wildman–Crippen MR) is 151 cm³/mol. The quantitative estimate of drug-likeness (QED) is 0.259. The summed E-state index contributed by atoms with van der Waals surface area (Å²) in [4.78, 5) is 25.8. The van der Waals surface area contributed by atoms with Gasteiger partial charge in [0.15, 0.2) is 5.82 Å². The van der Waals surface area contributed by atoms with Gasteiger partial charge in [0.2, 0.25) is 11.9 Å². The first kappa shape index (κ1) is 29.3. The molecule has 9 nitrogen and oxygen atoms in total. The summed E-state index contributed by atoms with van der Waals surface area (Å²) >= 11 is 0. The molecule has 1 saturated heterocycles. The summed E-state index contributed by atoms with van der Waals surface area (Å²) in [5, 5.41) is 5.48. The SMILES string of the molecule is CC(C)N1CCN(CC(=O)Nc2cc(Oc3ccc4c(c3)nc(Nc3cccc(C(F)(F)F)c3F)n4C)ccn2)CC1. The third-order valence-electron chi connectivity index (χ3n) is 7.14. The highest BCUT2D eigenvalue weighted by molar-refractivity contribution is 5.91.